The average molecular weight is 270 g/mol. The molecule has 0 bridgehead atoms. The first-order valence-corrected chi connectivity index (χ1v) is 7.40. The molecule has 0 aromatic carbocycles. The van der Waals surface area contributed by atoms with E-state index in [0.29, 0.717) is 6.42 Å². The number of carbonyl (C=O) groups excluding carboxylic acids is 1. The molecule has 4 nitrogen and oxygen atoms in total. The number of unbranched alkanes of at least 4 members (excludes halogenated alkanes) is 6. The van der Waals surface area contributed by atoms with Gasteiger partial charge in [0.2, 0.25) is 0 Å². The molecule has 0 aromatic rings. The molecule has 19 heavy (non-hydrogen) atoms. The van der Waals surface area contributed by atoms with Gasteiger partial charge in [0.05, 0.1) is 6.10 Å². The highest BCUT2D eigenvalue weighted by Crippen LogP contribution is 2.13. The van der Waals surface area contributed by atoms with Crippen molar-refractivity contribution in [3.8, 4) is 0 Å². The van der Waals surface area contributed by atoms with Crippen molar-refractivity contribution >= 4 is 6.16 Å². The summed E-state index contributed by atoms with van der Waals surface area (Å²) in [5, 5.41) is 9.76. The minimum Gasteiger partial charge on any atom is -0.430 e. The second kappa shape index (κ2) is 9.84. The van der Waals surface area contributed by atoms with Crippen molar-refractivity contribution in [1.82, 2.24) is 0 Å². The summed E-state index contributed by atoms with van der Waals surface area (Å²) in [6, 6.07) is 0. The third kappa shape index (κ3) is 7.21. The van der Waals surface area contributed by atoms with Crippen LogP contribution >= 0.6 is 0 Å². The van der Waals surface area contributed by atoms with Gasteiger partial charge in [-0.2, -0.15) is 0 Å². The van der Waals surface area contributed by atoms with Crippen LogP contribution in [0.5, 0.6) is 0 Å². The van der Waals surface area contributed by atoms with Crippen molar-refractivity contribution in [1.29, 1.82) is 0 Å². The predicted octanol–water partition coefficient (Wildman–Crippen LogP) is 3.58. The van der Waals surface area contributed by atoms with Gasteiger partial charge in [0.25, 0.3) is 0 Å². The minimum absolute atomic E-state index is 0.158. The van der Waals surface area contributed by atoms with Crippen LogP contribution in [0, 0.1) is 0 Å². The first kappa shape index (κ1) is 16.0. The lowest BCUT2D eigenvalue weighted by molar-refractivity contribution is 0.0346. The summed E-state index contributed by atoms with van der Waals surface area (Å²) in [5.74, 6) is 0. The highest BCUT2D eigenvalue weighted by molar-refractivity contribution is 5.61. The minimum atomic E-state index is -0.680. The summed E-state index contributed by atoms with van der Waals surface area (Å²) in [7, 11) is 0. The Morgan fingerprint density at radius 1 is 1.26 bits per heavy atom. The third-order valence-electron chi connectivity index (χ3n) is 3.31. The Kier molecular flexibility index (Phi) is 8.30. The van der Waals surface area contributed by atoms with Gasteiger partial charge in [-0.3, -0.25) is 0 Å². The molecule has 1 N–H and O–H groups in total. The molecule has 1 heterocycles. The zero-order chi connectivity index (χ0) is 13.9. The number of aliphatic hydroxyl groups is 1. The van der Waals surface area contributed by atoms with E-state index in [4.69, 9.17) is 4.74 Å². The van der Waals surface area contributed by atoms with Gasteiger partial charge in [-0.05, 0) is 19.3 Å². The fourth-order valence-electron chi connectivity index (χ4n) is 2.08. The van der Waals surface area contributed by atoms with Gasteiger partial charge >= 0.3 is 6.16 Å². The molecule has 0 aromatic heterocycles. The van der Waals surface area contributed by atoms with Gasteiger partial charge < -0.3 is 14.6 Å². The van der Waals surface area contributed by atoms with E-state index in [-0.39, 0.29) is 6.61 Å². The van der Waals surface area contributed by atoms with E-state index in [0.717, 1.165) is 6.42 Å². The summed E-state index contributed by atoms with van der Waals surface area (Å²) in [6.45, 7) is 2.38. The monoisotopic (exact) mass is 270 g/mol. The summed E-state index contributed by atoms with van der Waals surface area (Å²) < 4.78 is 9.44. The molecule has 1 saturated heterocycles. The largest absolute Gasteiger partial charge is 0.508 e. The van der Waals surface area contributed by atoms with Crippen LogP contribution in [0.25, 0.3) is 0 Å². The molecule has 0 saturated carbocycles. The van der Waals surface area contributed by atoms with Crippen molar-refractivity contribution in [2.75, 3.05) is 6.61 Å². The molecule has 0 spiro atoms. The molecule has 110 valence electrons. The first-order chi connectivity index (χ1) is 9.24. The molecule has 1 aliphatic rings. The zero-order valence-electron chi connectivity index (χ0n) is 11.8. The lowest BCUT2D eigenvalue weighted by Crippen LogP contribution is -2.27. The molecule has 4 heteroatoms. The van der Waals surface area contributed by atoms with Crippen molar-refractivity contribution in [2.45, 2.75) is 70.5 Å². The van der Waals surface area contributed by atoms with Gasteiger partial charge in [0.1, 0.15) is 6.61 Å². The van der Waals surface area contributed by atoms with Crippen molar-refractivity contribution in [3.05, 3.63) is 12.2 Å². The maximum atomic E-state index is 10.7. The number of hydrogen-bond acceptors (Lipinski definition) is 4. The van der Waals surface area contributed by atoms with Crippen LogP contribution in [-0.4, -0.2) is 30.1 Å². The van der Waals surface area contributed by atoms with Gasteiger partial charge in [-0.15, -0.1) is 0 Å². The zero-order valence-corrected chi connectivity index (χ0v) is 11.8. The smallest absolute Gasteiger partial charge is 0.430 e. The van der Waals surface area contributed by atoms with Crippen LogP contribution in [0.15, 0.2) is 12.2 Å². The highest BCUT2D eigenvalue weighted by atomic mass is 16.8. The summed E-state index contributed by atoms with van der Waals surface area (Å²) >= 11 is 0. The predicted molar refractivity (Wildman–Crippen MR) is 74.0 cm³/mol. The van der Waals surface area contributed by atoms with Crippen LogP contribution in [0.4, 0.5) is 4.79 Å². The lowest BCUT2D eigenvalue weighted by atomic mass is 10.1. The molecule has 1 fully saturated rings. The van der Waals surface area contributed by atoms with Crippen LogP contribution in [0.2, 0.25) is 0 Å². The van der Waals surface area contributed by atoms with Crippen LogP contribution in [0.3, 0.4) is 0 Å². The van der Waals surface area contributed by atoms with Gasteiger partial charge in [-0.25, -0.2) is 4.79 Å². The van der Waals surface area contributed by atoms with Crippen LogP contribution in [-0.2, 0) is 9.47 Å². The maximum absolute atomic E-state index is 10.7. The standard InChI is InChI=1S/C15H26O4/c1-2-3-4-5-6-7-8-9-10-11-13(16)14-12-18-15(17)19-14/h9-10,13-14,16H,2-8,11-12H2,1H3/b10-9-/t13-,14+/m0/s1. The molecule has 1 rings (SSSR count). The Balaban J connectivity index is 1.96. The molecule has 1 aliphatic heterocycles. The van der Waals surface area contributed by atoms with Crippen molar-refractivity contribution in [3.63, 3.8) is 0 Å². The summed E-state index contributed by atoms with van der Waals surface area (Å²) in [4.78, 5) is 10.7. The van der Waals surface area contributed by atoms with Gasteiger partial charge in [0, 0.05) is 0 Å². The average Bonchev–Trinajstić information content (AvgIpc) is 2.83. The van der Waals surface area contributed by atoms with E-state index >= 15 is 0 Å². The fraction of sp³-hybridized carbons (Fsp3) is 0.800. The number of ether oxygens (including phenoxy) is 2. The third-order valence-corrected chi connectivity index (χ3v) is 3.31. The maximum Gasteiger partial charge on any atom is 0.508 e. The topological polar surface area (TPSA) is 55.8 Å². The Labute approximate surface area is 115 Å². The summed E-state index contributed by atoms with van der Waals surface area (Å²) in [5.41, 5.74) is 0. The second-order valence-corrected chi connectivity index (χ2v) is 5.05. The van der Waals surface area contributed by atoms with Crippen molar-refractivity contribution < 1.29 is 19.4 Å². The van der Waals surface area contributed by atoms with E-state index in [1.807, 2.05) is 6.08 Å². The second-order valence-electron chi connectivity index (χ2n) is 5.05. The van der Waals surface area contributed by atoms with Crippen LogP contribution < -0.4 is 0 Å². The molecule has 0 unspecified atom stereocenters. The number of cyclic esters (lactones) is 2. The van der Waals surface area contributed by atoms with E-state index in [1.54, 1.807) is 0 Å². The summed E-state index contributed by atoms with van der Waals surface area (Å²) in [6.07, 6.45) is 11.5. The quantitative estimate of drug-likeness (QED) is 0.374. The number of allylic oxidation sites excluding steroid dienone is 1. The SMILES string of the molecule is CCCCCCCC/C=C\C[C@H](O)[C@H]1COC(=O)O1. The Bertz CT molecular complexity index is 275. The normalized spacial score (nSPS) is 20.5. The van der Waals surface area contributed by atoms with Crippen molar-refractivity contribution in [2.24, 2.45) is 0 Å². The van der Waals surface area contributed by atoms with Gasteiger partial charge in [-0.1, -0.05) is 51.2 Å². The number of hydrogen-bond donors (Lipinski definition) is 1. The Hall–Kier alpha value is -1.03. The first-order valence-electron chi connectivity index (χ1n) is 7.40. The van der Waals surface area contributed by atoms with Gasteiger partial charge in [0.15, 0.2) is 6.10 Å². The molecule has 0 aliphatic carbocycles. The highest BCUT2D eigenvalue weighted by Gasteiger charge is 2.30. The van der Waals surface area contributed by atoms with E-state index in [9.17, 15) is 9.90 Å². The van der Waals surface area contributed by atoms with E-state index in [2.05, 4.69) is 17.7 Å². The van der Waals surface area contributed by atoms with E-state index < -0.39 is 18.4 Å². The molecule has 0 radical (unpaired) electrons. The Morgan fingerprint density at radius 3 is 2.68 bits per heavy atom. The Morgan fingerprint density at radius 2 is 2.00 bits per heavy atom. The molecule has 0 amide bonds. The fourth-order valence-corrected chi connectivity index (χ4v) is 2.08. The number of aliphatic hydroxyl groups excluding tert-OH is 1. The number of carbonyl (C=O) groups is 1. The van der Waals surface area contributed by atoms with E-state index in [1.165, 1.54) is 38.5 Å². The number of rotatable bonds is 10. The lowest BCUT2D eigenvalue weighted by Gasteiger charge is -2.12. The van der Waals surface area contributed by atoms with Crippen LogP contribution in [0.1, 0.15) is 58.3 Å². The molecular weight excluding hydrogens is 244 g/mol. The molecular formula is C15H26O4. The molecule has 2 atom stereocenters.